The first-order valence-corrected chi connectivity index (χ1v) is 6.25. The van der Waals surface area contributed by atoms with Crippen LogP contribution in [0.4, 0.5) is 0 Å². The zero-order valence-corrected chi connectivity index (χ0v) is 10.1. The minimum absolute atomic E-state index is 0.303. The summed E-state index contributed by atoms with van der Waals surface area (Å²) in [6.45, 7) is 3.22. The van der Waals surface area contributed by atoms with E-state index in [0.29, 0.717) is 19.1 Å². The quantitative estimate of drug-likeness (QED) is 0.872. The van der Waals surface area contributed by atoms with Gasteiger partial charge in [0.2, 0.25) is 0 Å². The van der Waals surface area contributed by atoms with Gasteiger partial charge in [-0.3, -0.25) is 0 Å². The first kappa shape index (κ1) is 11.2. The molecule has 1 unspecified atom stereocenters. The van der Waals surface area contributed by atoms with Crippen LogP contribution in [0.2, 0.25) is 0 Å². The van der Waals surface area contributed by atoms with Gasteiger partial charge in [0, 0.05) is 5.56 Å². The molecule has 1 aliphatic carbocycles. The molecule has 0 bridgehead atoms. The van der Waals surface area contributed by atoms with Crippen molar-refractivity contribution in [2.75, 3.05) is 13.2 Å². The lowest BCUT2D eigenvalue weighted by atomic mass is 10.0. The molecule has 17 heavy (non-hydrogen) atoms. The van der Waals surface area contributed by atoms with Crippen LogP contribution in [0.25, 0.3) is 0 Å². The van der Waals surface area contributed by atoms with E-state index < -0.39 is 5.79 Å². The van der Waals surface area contributed by atoms with E-state index in [1.807, 2.05) is 31.2 Å². The lowest BCUT2D eigenvalue weighted by Crippen LogP contribution is -2.22. The van der Waals surface area contributed by atoms with Gasteiger partial charge in [0.1, 0.15) is 0 Å². The molecule has 1 aliphatic heterocycles. The molecule has 1 heterocycles. The van der Waals surface area contributed by atoms with Crippen LogP contribution >= 0.6 is 0 Å². The maximum absolute atomic E-state index is 10.0. The summed E-state index contributed by atoms with van der Waals surface area (Å²) in [6.07, 6.45) is 1.99. The average Bonchev–Trinajstić information content (AvgIpc) is 3.11. The van der Waals surface area contributed by atoms with Gasteiger partial charge >= 0.3 is 0 Å². The van der Waals surface area contributed by atoms with Crippen molar-refractivity contribution in [3.63, 3.8) is 0 Å². The first-order chi connectivity index (χ1) is 8.19. The third-order valence-corrected chi connectivity index (χ3v) is 3.68. The van der Waals surface area contributed by atoms with E-state index in [-0.39, 0.29) is 6.10 Å². The summed E-state index contributed by atoms with van der Waals surface area (Å²) in [4.78, 5) is 0. The summed E-state index contributed by atoms with van der Waals surface area (Å²) in [5.41, 5.74) is 2.01. The van der Waals surface area contributed by atoms with Crippen molar-refractivity contribution in [3.8, 4) is 0 Å². The van der Waals surface area contributed by atoms with E-state index in [2.05, 4.69) is 0 Å². The zero-order valence-electron chi connectivity index (χ0n) is 10.1. The monoisotopic (exact) mass is 234 g/mol. The van der Waals surface area contributed by atoms with Gasteiger partial charge in [0.05, 0.1) is 19.3 Å². The summed E-state index contributed by atoms with van der Waals surface area (Å²) < 4.78 is 11.2. The highest BCUT2D eigenvalue weighted by Gasteiger charge is 2.34. The minimum atomic E-state index is -0.608. The number of aliphatic hydroxyl groups is 1. The van der Waals surface area contributed by atoms with Crippen LogP contribution in [-0.2, 0) is 15.3 Å². The Hall–Kier alpha value is -0.900. The molecule has 2 fully saturated rings. The molecule has 0 radical (unpaired) electrons. The van der Waals surface area contributed by atoms with Crippen LogP contribution in [0.5, 0.6) is 0 Å². The Morgan fingerprint density at radius 2 is 1.76 bits per heavy atom. The van der Waals surface area contributed by atoms with Crippen molar-refractivity contribution in [3.05, 3.63) is 35.4 Å². The summed E-state index contributed by atoms with van der Waals surface area (Å²) in [6, 6.07) is 7.95. The Morgan fingerprint density at radius 3 is 2.29 bits per heavy atom. The van der Waals surface area contributed by atoms with Crippen molar-refractivity contribution >= 4 is 0 Å². The molecule has 0 amide bonds. The predicted octanol–water partition coefficient (Wildman–Crippen LogP) is 2.35. The van der Waals surface area contributed by atoms with Gasteiger partial charge in [0.25, 0.3) is 0 Å². The van der Waals surface area contributed by atoms with Crippen LogP contribution in [0.15, 0.2) is 24.3 Å². The molecule has 0 spiro atoms. The molecular formula is C14H18O3. The normalized spacial score (nSPS) is 24.8. The molecule has 0 aromatic heterocycles. The van der Waals surface area contributed by atoms with Gasteiger partial charge in [-0.15, -0.1) is 0 Å². The van der Waals surface area contributed by atoms with Crippen LogP contribution in [-0.4, -0.2) is 18.3 Å². The number of hydrogen-bond acceptors (Lipinski definition) is 3. The predicted molar refractivity (Wildman–Crippen MR) is 63.4 cm³/mol. The Labute approximate surface area is 101 Å². The largest absolute Gasteiger partial charge is 0.388 e. The number of ether oxygens (including phenoxy) is 2. The molecule has 1 aromatic rings. The van der Waals surface area contributed by atoms with Gasteiger partial charge in [0.15, 0.2) is 5.79 Å². The Kier molecular flexibility index (Phi) is 2.69. The maximum atomic E-state index is 10.0. The SMILES string of the molecule is CC1(c2ccc(C(O)C3CC3)cc2)OCCO1. The highest BCUT2D eigenvalue weighted by atomic mass is 16.7. The molecule has 1 saturated heterocycles. The van der Waals surface area contributed by atoms with Crippen molar-refractivity contribution in [1.29, 1.82) is 0 Å². The van der Waals surface area contributed by atoms with E-state index in [1.165, 1.54) is 0 Å². The molecule has 92 valence electrons. The third kappa shape index (κ3) is 2.10. The van der Waals surface area contributed by atoms with E-state index in [1.54, 1.807) is 0 Å². The summed E-state index contributed by atoms with van der Waals surface area (Å²) in [7, 11) is 0. The average molecular weight is 234 g/mol. The summed E-state index contributed by atoms with van der Waals surface area (Å²) in [5, 5.41) is 10.0. The number of hydrogen-bond donors (Lipinski definition) is 1. The second-order valence-electron chi connectivity index (χ2n) is 5.05. The lowest BCUT2D eigenvalue weighted by molar-refractivity contribution is -0.149. The second kappa shape index (κ2) is 4.09. The second-order valence-corrected chi connectivity index (χ2v) is 5.05. The van der Waals surface area contributed by atoms with E-state index in [4.69, 9.17) is 9.47 Å². The molecule has 1 N–H and O–H groups in total. The molecule has 2 aliphatic rings. The van der Waals surface area contributed by atoms with Gasteiger partial charge < -0.3 is 14.6 Å². The molecule has 1 saturated carbocycles. The Balaban J connectivity index is 1.79. The fraction of sp³-hybridized carbons (Fsp3) is 0.571. The number of benzene rings is 1. The van der Waals surface area contributed by atoms with Crippen LogP contribution < -0.4 is 0 Å². The highest BCUT2D eigenvalue weighted by Crippen LogP contribution is 2.41. The molecule has 1 aromatic carbocycles. The molecule has 3 nitrogen and oxygen atoms in total. The Morgan fingerprint density at radius 1 is 1.18 bits per heavy atom. The molecular weight excluding hydrogens is 216 g/mol. The standard InChI is InChI=1S/C14H18O3/c1-14(16-8-9-17-14)12-6-4-11(5-7-12)13(15)10-2-3-10/h4-7,10,13,15H,2-3,8-9H2,1H3. The summed E-state index contributed by atoms with van der Waals surface area (Å²) in [5.74, 6) is -0.140. The minimum Gasteiger partial charge on any atom is -0.388 e. The van der Waals surface area contributed by atoms with Crippen LogP contribution in [0.1, 0.15) is 37.0 Å². The fourth-order valence-electron chi connectivity index (χ4n) is 2.35. The van der Waals surface area contributed by atoms with Crippen molar-refractivity contribution in [2.45, 2.75) is 31.7 Å². The molecule has 3 rings (SSSR count). The fourth-order valence-corrected chi connectivity index (χ4v) is 2.35. The highest BCUT2D eigenvalue weighted by molar-refractivity contribution is 5.28. The first-order valence-electron chi connectivity index (χ1n) is 6.25. The molecule has 1 atom stereocenters. The van der Waals surface area contributed by atoms with Gasteiger partial charge in [-0.1, -0.05) is 24.3 Å². The van der Waals surface area contributed by atoms with E-state index in [0.717, 1.165) is 24.0 Å². The van der Waals surface area contributed by atoms with Crippen LogP contribution in [0.3, 0.4) is 0 Å². The van der Waals surface area contributed by atoms with Crippen LogP contribution in [0, 0.1) is 5.92 Å². The lowest BCUT2D eigenvalue weighted by Gasteiger charge is -2.23. The van der Waals surface area contributed by atoms with Gasteiger partial charge in [-0.2, -0.15) is 0 Å². The zero-order chi connectivity index (χ0) is 11.9. The van der Waals surface area contributed by atoms with Crippen molar-refractivity contribution < 1.29 is 14.6 Å². The summed E-state index contributed by atoms with van der Waals surface area (Å²) >= 11 is 0. The third-order valence-electron chi connectivity index (χ3n) is 3.68. The molecule has 3 heteroatoms. The number of aliphatic hydroxyl groups excluding tert-OH is 1. The van der Waals surface area contributed by atoms with Gasteiger partial charge in [-0.05, 0) is 31.2 Å². The van der Waals surface area contributed by atoms with Crippen molar-refractivity contribution in [1.82, 2.24) is 0 Å². The van der Waals surface area contributed by atoms with E-state index >= 15 is 0 Å². The van der Waals surface area contributed by atoms with E-state index in [9.17, 15) is 5.11 Å². The topological polar surface area (TPSA) is 38.7 Å². The smallest absolute Gasteiger partial charge is 0.192 e. The van der Waals surface area contributed by atoms with Crippen molar-refractivity contribution in [2.24, 2.45) is 5.92 Å². The Bertz CT molecular complexity index is 388. The van der Waals surface area contributed by atoms with Gasteiger partial charge in [-0.25, -0.2) is 0 Å². The maximum Gasteiger partial charge on any atom is 0.192 e. The number of rotatable bonds is 3.